The summed E-state index contributed by atoms with van der Waals surface area (Å²) < 4.78 is 40.6. The molecular weight excluding hydrogens is 279 g/mol. The standard InChI is InChI=1S/C14H15FN2O2S/c1-9-7-12(15)8-10(2)14(9)20(18,19)17-13-5-4-6-16-11(13)3/h4-8,17H,1-3H3. The smallest absolute Gasteiger partial charge is 0.262 e. The van der Waals surface area contributed by atoms with Crippen molar-refractivity contribution in [2.75, 3.05) is 4.72 Å². The van der Waals surface area contributed by atoms with Gasteiger partial charge in [-0.3, -0.25) is 9.71 Å². The maximum absolute atomic E-state index is 13.3. The Morgan fingerprint density at radius 3 is 2.30 bits per heavy atom. The number of anilines is 1. The summed E-state index contributed by atoms with van der Waals surface area (Å²) in [7, 11) is -3.77. The van der Waals surface area contributed by atoms with E-state index in [-0.39, 0.29) is 4.90 Å². The number of nitrogens with one attached hydrogen (secondary N) is 1. The van der Waals surface area contributed by atoms with Crippen molar-refractivity contribution in [1.82, 2.24) is 4.98 Å². The van der Waals surface area contributed by atoms with Gasteiger partial charge in [0.1, 0.15) is 5.82 Å². The van der Waals surface area contributed by atoms with Gasteiger partial charge in [-0.2, -0.15) is 0 Å². The highest BCUT2D eigenvalue weighted by Gasteiger charge is 2.21. The molecule has 0 radical (unpaired) electrons. The number of hydrogen-bond acceptors (Lipinski definition) is 3. The number of benzene rings is 1. The molecule has 0 spiro atoms. The van der Waals surface area contributed by atoms with Crippen LogP contribution in [0.25, 0.3) is 0 Å². The van der Waals surface area contributed by atoms with Crippen molar-refractivity contribution < 1.29 is 12.8 Å². The van der Waals surface area contributed by atoms with Gasteiger partial charge in [0, 0.05) is 6.20 Å². The van der Waals surface area contributed by atoms with Crippen LogP contribution in [0.4, 0.5) is 10.1 Å². The zero-order valence-corrected chi connectivity index (χ0v) is 12.3. The van der Waals surface area contributed by atoms with Crippen LogP contribution in [0.2, 0.25) is 0 Å². The first-order valence-corrected chi connectivity index (χ1v) is 7.51. The molecule has 1 heterocycles. The van der Waals surface area contributed by atoms with Crippen molar-refractivity contribution >= 4 is 15.7 Å². The number of rotatable bonds is 3. The Bertz CT molecular complexity index is 735. The van der Waals surface area contributed by atoms with E-state index in [1.807, 2.05) is 0 Å². The fraction of sp³-hybridized carbons (Fsp3) is 0.214. The van der Waals surface area contributed by atoms with Gasteiger partial charge < -0.3 is 0 Å². The summed E-state index contributed by atoms with van der Waals surface area (Å²) >= 11 is 0. The molecule has 0 bridgehead atoms. The maximum atomic E-state index is 13.3. The van der Waals surface area contributed by atoms with Crippen molar-refractivity contribution in [3.8, 4) is 0 Å². The lowest BCUT2D eigenvalue weighted by Gasteiger charge is -2.14. The third-order valence-electron chi connectivity index (χ3n) is 2.95. The fourth-order valence-electron chi connectivity index (χ4n) is 2.11. The van der Waals surface area contributed by atoms with Gasteiger partial charge in [0.15, 0.2) is 0 Å². The Kier molecular flexibility index (Phi) is 3.76. The Hall–Kier alpha value is -1.95. The Balaban J connectivity index is 2.50. The van der Waals surface area contributed by atoms with Crippen LogP contribution in [0, 0.1) is 26.6 Å². The average Bonchev–Trinajstić information content (AvgIpc) is 2.30. The van der Waals surface area contributed by atoms with Gasteiger partial charge >= 0.3 is 0 Å². The lowest BCUT2D eigenvalue weighted by atomic mass is 10.1. The molecule has 1 N–H and O–H groups in total. The van der Waals surface area contributed by atoms with Gasteiger partial charge in [-0.05, 0) is 56.2 Å². The number of aromatic nitrogens is 1. The van der Waals surface area contributed by atoms with Crippen LogP contribution in [0.5, 0.6) is 0 Å². The second-order valence-corrected chi connectivity index (χ2v) is 6.23. The minimum atomic E-state index is -3.77. The van der Waals surface area contributed by atoms with E-state index in [0.717, 1.165) is 0 Å². The first kappa shape index (κ1) is 14.5. The largest absolute Gasteiger partial charge is 0.278 e. The molecule has 0 fully saturated rings. The van der Waals surface area contributed by atoms with Crippen molar-refractivity contribution in [3.05, 3.63) is 53.1 Å². The van der Waals surface area contributed by atoms with Crippen LogP contribution in [0.3, 0.4) is 0 Å². The van der Waals surface area contributed by atoms with E-state index >= 15 is 0 Å². The van der Waals surface area contributed by atoms with Crippen molar-refractivity contribution in [2.24, 2.45) is 0 Å². The van der Waals surface area contributed by atoms with Crippen LogP contribution >= 0.6 is 0 Å². The minimum Gasteiger partial charge on any atom is -0.278 e. The Labute approximate surface area is 117 Å². The topological polar surface area (TPSA) is 59.1 Å². The van der Waals surface area contributed by atoms with Crippen LogP contribution in [-0.4, -0.2) is 13.4 Å². The number of aryl methyl sites for hydroxylation is 3. The number of hydrogen-bond donors (Lipinski definition) is 1. The molecule has 0 atom stereocenters. The molecule has 20 heavy (non-hydrogen) atoms. The zero-order chi connectivity index (χ0) is 14.9. The van der Waals surface area contributed by atoms with E-state index in [2.05, 4.69) is 9.71 Å². The molecule has 0 amide bonds. The van der Waals surface area contributed by atoms with E-state index in [1.54, 1.807) is 39.1 Å². The monoisotopic (exact) mass is 294 g/mol. The predicted molar refractivity (Wildman–Crippen MR) is 75.7 cm³/mol. The number of nitrogens with zero attached hydrogens (tertiary/aromatic N) is 1. The van der Waals surface area contributed by atoms with E-state index in [0.29, 0.717) is 22.5 Å². The average molecular weight is 294 g/mol. The van der Waals surface area contributed by atoms with Gasteiger partial charge in [0.2, 0.25) is 0 Å². The van der Waals surface area contributed by atoms with Crippen molar-refractivity contribution in [1.29, 1.82) is 0 Å². The number of halogens is 1. The molecule has 0 aliphatic heterocycles. The molecule has 0 aliphatic carbocycles. The molecular formula is C14H15FN2O2S. The van der Waals surface area contributed by atoms with Gasteiger partial charge in [-0.1, -0.05) is 0 Å². The minimum absolute atomic E-state index is 0.0992. The number of sulfonamides is 1. The second kappa shape index (κ2) is 5.20. The number of pyridine rings is 1. The lowest BCUT2D eigenvalue weighted by molar-refractivity contribution is 0.597. The Morgan fingerprint density at radius 1 is 1.15 bits per heavy atom. The highest BCUT2D eigenvalue weighted by Crippen LogP contribution is 2.24. The summed E-state index contributed by atoms with van der Waals surface area (Å²) in [6.07, 6.45) is 1.58. The van der Waals surface area contributed by atoms with E-state index < -0.39 is 15.8 Å². The summed E-state index contributed by atoms with van der Waals surface area (Å²) in [4.78, 5) is 4.13. The van der Waals surface area contributed by atoms with Crippen LogP contribution in [0.1, 0.15) is 16.8 Å². The third-order valence-corrected chi connectivity index (χ3v) is 4.62. The van der Waals surface area contributed by atoms with Crippen LogP contribution in [0.15, 0.2) is 35.4 Å². The summed E-state index contributed by atoms with van der Waals surface area (Å²) in [5.74, 6) is -0.448. The summed E-state index contributed by atoms with van der Waals surface area (Å²) in [5.41, 5.74) is 1.73. The molecule has 0 saturated heterocycles. The maximum Gasteiger partial charge on any atom is 0.262 e. The Morgan fingerprint density at radius 2 is 1.75 bits per heavy atom. The zero-order valence-electron chi connectivity index (χ0n) is 11.4. The molecule has 4 nitrogen and oxygen atoms in total. The summed E-state index contributed by atoms with van der Waals surface area (Å²) in [6, 6.07) is 5.69. The molecule has 2 rings (SSSR count). The molecule has 0 unspecified atom stereocenters. The molecule has 2 aromatic rings. The SMILES string of the molecule is Cc1cc(F)cc(C)c1S(=O)(=O)Nc1cccnc1C. The van der Waals surface area contributed by atoms with Crippen molar-refractivity contribution in [3.63, 3.8) is 0 Å². The first-order valence-electron chi connectivity index (χ1n) is 6.02. The highest BCUT2D eigenvalue weighted by molar-refractivity contribution is 7.92. The fourth-order valence-corrected chi connectivity index (χ4v) is 3.68. The van der Waals surface area contributed by atoms with E-state index in [4.69, 9.17) is 0 Å². The quantitative estimate of drug-likeness (QED) is 0.946. The van der Waals surface area contributed by atoms with Gasteiger partial charge in [0.05, 0.1) is 16.3 Å². The predicted octanol–water partition coefficient (Wildman–Crippen LogP) is 2.95. The van der Waals surface area contributed by atoms with E-state index in [9.17, 15) is 12.8 Å². The molecule has 1 aromatic carbocycles. The van der Waals surface area contributed by atoms with Crippen molar-refractivity contribution in [2.45, 2.75) is 25.7 Å². The first-order chi connectivity index (χ1) is 9.31. The molecule has 0 aliphatic rings. The van der Waals surface area contributed by atoms with Gasteiger partial charge in [-0.15, -0.1) is 0 Å². The van der Waals surface area contributed by atoms with Gasteiger partial charge in [0.25, 0.3) is 10.0 Å². The molecule has 1 aromatic heterocycles. The van der Waals surface area contributed by atoms with Crippen LogP contribution in [-0.2, 0) is 10.0 Å². The normalized spacial score (nSPS) is 11.4. The second-order valence-electron chi connectivity index (χ2n) is 4.61. The highest BCUT2D eigenvalue weighted by atomic mass is 32.2. The van der Waals surface area contributed by atoms with E-state index in [1.165, 1.54) is 12.1 Å². The van der Waals surface area contributed by atoms with Gasteiger partial charge in [-0.25, -0.2) is 12.8 Å². The van der Waals surface area contributed by atoms with Crippen LogP contribution < -0.4 is 4.72 Å². The summed E-state index contributed by atoms with van der Waals surface area (Å²) in [6.45, 7) is 4.85. The summed E-state index contributed by atoms with van der Waals surface area (Å²) in [5, 5.41) is 0. The molecule has 6 heteroatoms. The lowest BCUT2D eigenvalue weighted by Crippen LogP contribution is -2.16. The molecule has 106 valence electrons. The molecule has 0 saturated carbocycles. The third kappa shape index (κ3) is 2.80.